The molecule has 13 aromatic rings. The Morgan fingerprint density at radius 3 is 1.18 bits per heavy atom. The lowest BCUT2D eigenvalue weighted by atomic mass is 9.56. The van der Waals surface area contributed by atoms with E-state index in [4.69, 9.17) is 0 Å². The molecular weight excluding hydrogens is 1000 g/mol. The van der Waals surface area contributed by atoms with Gasteiger partial charge in [-0.2, -0.15) is 0 Å². The molecule has 1 aliphatic carbocycles. The van der Waals surface area contributed by atoms with Gasteiger partial charge in [0.25, 0.3) is 0 Å². The number of fused-ring (bicyclic) bond motifs is 1. The Morgan fingerprint density at radius 1 is 0.313 bits per heavy atom. The molecule has 392 valence electrons. The molecule has 2 atom stereocenters. The molecule has 3 heteroatoms. The SMILES string of the molecule is C1=CCC(C2(c3ccccc3)c3cccc4c3-n3c5c(cc(N(c6ccccc6)c6ccc(-c7ccccc7)cc6)cc5c5cc(N(c6ccccc6)c6ccc(-c7ccccc7)cc6)cc2c53)C4(c2ccccc2)c2ccccc2)C=C1. The second kappa shape index (κ2) is 19.7. The van der Waals surface area contributed by atoms with Gasteiger partial charge in [-0.1, -0.05) is 255 Å². The highest BCUT2D eigenvalue weighted by Gasteiger charge is 2.54. The maximum Gasteiger partial charge on any atom is 0.0743 e. The summed E-state index contributed by atoms with van der Waals surface area (Å²) in [5.41, 5.74) is 22.4. The number of aromatic nitrogens is 1. The lowest BCUT2D eigenvalue weighted by Gasteiger charge is -2.50. The third-order valence-electron chi connectivity index (χ3n) is 18.0. The lowest BCUT2D eigenvalue weighted by Crippen LogP contribution is -2.44. The molecule has 3 heterocycles. The average molecular weight is 1060 g/mol. The fourth-order valence-corrected chi connectivity index (χ4v) is 14.6. The number of anilines is 6. The van der Waals surface area contributed by atoms with Crippen LogP contribution in [0.4, 0.5) is 34.1 Å². The van der Waals surface area contributed by atoms with E-state index in [0.29, 0.717) is 0 Å². The summed E-state index contributed by atoms with van der Waals surface area (Å²) < 4.78 is 2.71. The van der Waals surface area contributed by atoms with Gasteiger partial charge in [0.1, 0.15) is 0 Å². The van der Waals surface area contributed by atoms with Gasteiger partial charge < -0.3 is 14.4 Å². The van der Waals surface area contributed by atoms with Crippen LogP contribution in [0.5, 0.6) is 0 Å². The Morgan fingerprint density at radius 2 is 0.711 bits per heavy atom. The molecule has 3 aliphatic rings. The highest BCUT2D eigenvalue weighted by atomic mass is 15.2. The smallest absolute Gasteiger partial charge is 0.0743 e. The van der Waals surface area contributed by atoms with Gasteiger partial charge in [-0.25, -0.2) is 0 Å². The zero-order chi connectivity index (χ0) is 54.9. The van der Waals surface area contributed by atoms with Crippen molar-refractivity contribution in [2.75, 3.05) is 9.80 Å². The Hall–Kier alpha value is -10.5. The normalized spacial score (nSPS) is 16.1. The fraction of sp³-hybridized carbons (Fsp3) is 0.0500. The molecule has 0 spiro atoms. The van der Waals surface area contributed by atoms with Crippen LogP contribution in [0.2, 0.25) is 0 Å². The summed E-state index contributed by atoms with van der Waals surface area (Å²) in [7, 11) is 0. The van der Waals surface area contributed by atoms with Crippen LogP contribution in [-0.4, -0.2) is 4.57 Å². The van der Waals surface area contributed by atoms with E-state index in [2.05, 4.69) is 342 Å². The zero-order valence-electron chi connectivity index (χ0n) is 45.8. The molecule has 2 aliphatic heterocycles. The molecule has 3 nitrogen and oxygen atoms in total. The molecule has 16 rings (SSSR count). The quantitative estimate of drug-likeness (QED) is 0.121. The number of para-hydroxylation sites is 3. The molecule has 0 fully saturated rings. The minimum absolute atomic E-state index is 0.0641. The van der Waals surface area contributed by atoms with Crippen molar-refractivity contribution >= 4 is 55.9 Å². The van der Waals surface area contributed by atoms with E-state index in [1.165, 1.54) is 88.7 Å². The number of nitrogens with zero attached hydrogens (tertiary/aromatic N) is 3. The molecule has 0 radical (unpaired) electrons. The van der Waals surface area contributed by atoms with Crippen LogP contribution in [0.1, 0.15) is 45.4 Å². The van der Waals surface area contributed by atoms with E-state index in [1.54, 1.807) is 0 Å². The molecule has 83 heavy (non-hydrogen) atoms. The monoisotopic (exact) mass is 1060 g/mol. The first-order chi connectivity index (χ1) is 41.2. The van der Waals surface area contributed by atoms with Gasteiger partial charge in [0, 0.05) is 44.9 Å². The first kappa shape index (κ1) is 48.4. The van der Waals surface area contributed by atoms with E-state index >= 15 is 0 Å². The van der Waals surface area contributed by atoms with Crippen molar-refractivity contribution in [2.45, 2.75) is 17.3 Å². The van der Waals surface area contributed by atoms with Crippen LogP contribution in [0, 0.1) is 5.92 Å². The van der Waals surface area contributed by atoms with Gasteiger partial charge in [-0.3, -0.25) is 0 Å². The molecule has 0 N–H and O–H groups in total. The number of rotatable bonds is 12. The Kier molecular flexibility index (Phi) is 11.5. The van der Waals surface area contributed by atoms with Gasteiger partial charge in [0.2, 0.25) is 0 Å². The first-order valence-electron chi connectivity index (χ1n) is 29.0. The van der Waals surface area contributed by atoms with E-state index in [-0.39, 0.29) is 5.92 Å². The molecule has 0 bridgehead atoms. The molecule has 0 saturated carbocycles. The van der Waals surface area contributed by atoms with E-state index in [1.807, 2.05) is 0 Å². The summed E-state index contributed by atoms with van der Waals surface area (Å²) in [6, 6.07) is 113. The van der Waals surface area contributed by atoms with E-state index < -0.39 is 10.8 Å². The number of hydrogen-bond donors (Lipinski definition) is 0. The zero-order valence-corrected chi connectivity index (χ0v) is 45.8. The van der Waals surface area contributed by atoms with Crippen LogP contribution in [0.15, 0.2) is 328 Å². The van der Waals surface area contributed by atoms with Crippen LogP contribution < -0.4 is 9.80 Å². The maximum absolute atomic E-state index is 2.71. The molecule has 2 unspecified atom stereocenters. The van der Waals surface area contributed by atoms with Crippen molar-refractivity contribution in [3.63, 3.8) is 0 Å². The Labute approximate surface area is 485 Å². The fourth-order valence-electron chi connectivity index (χ4n) is 14.6. The Balaban J connectivity index is 1.09. The van der Waals surface area contributed by atoms with Crippen molar-refractivity contribution in [1.82, 2.24) is 4.57 Å². The number of hydrogen-bond acceptors (Lipinski definition) is 2. The van der Waals surface area contributed by atoms with Gasteiger partial charge in [-0.05, 0) is 146 Å². The van der Waals surface area contributed by atoms with Crippen LogP contribution in [0.3, 0.4) is 0 Å². The summed E-state index contributed by atoms with van der Waals surface area (Å²) >= 11 is 0. The second-order valence-corrected chi connectivity index (χ2v) is 22.3. The van der Waals surface area contributed by atoms with Crippen molar-refractivity contribution in [1.29, 1.82) is 0 Å². The Bertz CT molecular complexity index is 4550. The van der Waals surface area contributed by atoms with Crippen LogP contribution in [-0.2, 0) is 10.8 Å². The second-order valence-electron chi connectivity index (χ2n) is 22.3. The van der Waals surface area contributed by atoms with Crippen LogP contribution >= 0.6 is 0 Å². The third-order valence-corrected chi connectivity index (χ3v) is 18.0. The van der Waals surface area contributed by atoms with Crippen molar-refractivity contribution < 1.29 is 0 Å². The summed E-state index contributed by atoms with van der Waals surface area (Å²) in [6.07, 6.45) is 10.3. The van der Waals surface area contributed by atoms with Crippen molar-refractivity contribution in [2.24, 2.45) is 5.92 Å². The number of allylic oxidation sites excluding steroid dienone is 4. The average Bonchev–Trinajstić information content (AvgIpc) is 1.69. The minimum Gasteiger partial charge on any atom is -0.310 e. The van der Waals surface area contributed by atoms with Gasteiger partial charge >= 0.3 is 0 Å². The van der Waals surface area contributed by atoms with Crippen molar-refractivity contribution in [3.05, 3.63) is 367 Å². The molecular formula is C80H57N3. The molecule has 0 amide bonds. The molecule has 1 aromatic heterocycles. The molecule has 12 aromatic carbocycles. The topological polar surface area (TPSA) is 11.4 Å². The minimum atomic E-state index is -0.770. The summed E-state index contributed by atoms with van der Waals surface area (Å²) in [4.78, 5) is 4.96. The highest BCUT2D eigenvalue weighted by Crippen LogP contribution is 2.64. The largest absolute Gasteiger partial charge is 0.310 e. The van der Waals surface area contributed by atoms with E-state index in [0.717, 1.165) is 40.5 Å². The third kappa shape index (κ3) is 7.44. The summed E-state index contributed by atoms with van der Waals surface area (Å²) in [6.45, 7) is 0. The predicted octanol–water partition coefficient (Wildman–Crippen LogP) is 20.5. The summed E-state index contributed by atoms with van der Waals surface area (Å²) in [5.74, 6) is 0.0641. The lowest BCUT2D eigenvalue weighted by molar-refractivity contribution is 0.443. The summed E-state index contributed by atoms with van der Waals surface area (Å²) in [5, 5.41) is 2.40. The van der Waals surface area contributed by atoms with Gasteiger partial charge in [0.05, 0.1) is 27.6 Å². The number of benzene rings is 12. The first-order valence-corrected chi connectivity index (χ1v) is 29.0. The van der Waals surface area contributed by atoms with Gasteiger partial charge in [-0.15, -0.1) is 0 Å². The van der Waals surface area contributed by atoms with E-state index in [9.17, 15) is 0 Å². The molecule has 0 saturated heterocycles. The maximum atomic E-state index is 2.71. The highest BCUT2D eigenvalue weighted by molar-refractivity contribution is 6.17. The predicted molar refractivity (Wildman–Crippen MR) is 346 cm³/mol. The van der Waals surface area contributed by atoms with Crippen LogP contribution in [0.25, 0.3) is 49.7 Å². The van der Waals surface area contributed by atoms with Gasteiger partial charge in [0.15, 0.2) is 0 Å². The van der Waals surface area contributed by atoms with Crippen molar-refractivity contribution in [3.8, 4) is 27.9 Å². The standard InChI is InChI=1S/C80H57N3/c1-9-26-56(27-10-1)58-44-48-66(49-45-58)81(64-38-21-7-22-39-64)68-52-70-71-53-69(82(65-40-23-8-24-41-65)67-50-46-59(47-51-67)57-28-11-2-12-29-57)55-75-77(71)83-76(70)74(54-68)79(60-30-13-3-14-31-60,61-32-15-4-16-33-61)72-42-25-43-73(78(72)83)80(75,62-34-17-5-18-35-62)63-36-19-6-20-37-63/h1-36,38-55,63H,37H2.